The summed E-state index contributed by atoms with van der Waals surface area (Å²) >= 11 is 5.98. The highest BCUT2D eigenvalue weighted by atomic mass is 35.5. The van der Waals surface area contributed by atoms with Crippen molar-refractivity contribution in [3.05, 3.63) is 34.9 Å². The van der Waals surface area contributed by atoms with Gasteiger partial charge in [0.15, 0.2) is 6.29 Å². The zero-order valence-corrected chi connectivity index (χ0v) is 13.4. The van der Waals surface area contributed by atoms with Crippen LogP contribution in [0.3, 0.4) is 0 Å². The first-order chi connectivity index (χ1) is 9.94. The predicted octanol–water partition coefficient (Wildman–Crippen LogP) is 2.90. The molecule has 1 saturated heterocycles. The molecule has 0 radical (unpaired) electrons. The van der Waals surface area contributed by atoms with Crippen molar-refractivity contribution in [2.75, 3.05) is 19.5 Å². The number of halogens is 1. The Morgan fingerprint density at radius 2 is 2.24 bits per heavy atom. The lowest BCUT2D eigenvalue weighted by Crippen LogP contribution is -2.27. The summed E-state index contributed by atoms with van der Waals surface area (Å²) in [5.74, 6) is 0. The number of hydrogen-bond acceptors (Lipinski definition) is 5. The number of rotatable bonds is 6. The summed E-state index contributed by atoms with van der Waals surface area (Å²) in [5, 5.41) is 0.560. The molecule has 1 fully saturated rings. The van der Waals surface area contributed by atoms with E-state index in [9.17, 15) is 8.42 Å². The molecule has 2 rings (SSSR count). The molecule has 0 aromatic heterocycles. The Kier molecular flexibility index (Phi) is 6.01. The molecule has 0 bridgehead atoms. The second-order valence-electron chi connectivity index (χ2n) is 4.96. The van der Waals surface area contributed by atoms with Gasteiger partial charge in [-0.2, -0.15) is 8.42 Å². The number of ether oxygens (including phenoxy) is 2. The van der Waals surface area contributed by atoms with Gasteiger partial charge in [0.25, 0.3) is 10.1 Å². The van der Waals surface area contributed by atoms with Crippen LogP contribution >= 0.6 is 11.6 Å². The van der Waals surface area contributed by atoms with Crippen LogP contribution in [0.1, 0.15) is 30.9 Å². The van der Waals surface area contributed by atoms with E-state index in [0.29, 0.717) is 11.6 Å². The van der Waals surface area contributed by atoms with E-state index in [2.05, 4.69) is 0 Å². The third-order valence-corrected chi connectivity index (χ3v) is 3.91. The Bertz CT molecular complexity index is 554. The van der Waals surface area contributed by atoms with Gasteiger partial charge in [0, 0.05) is 11.6 Å². The molecule has 1 aromatic carbocycles. The summed E-state index contributed by atoms with van der Waals surface area (Å²) in [6.07, 6.45) is 2.96. The topological polar surface area (TPSA) is 61.8 Å². The van der Waals surface area contributed by atoms with Crippen LogP contribution < -0.4 is 0 Å². The molecule has 1 aliphatic rings. The van der Waals surface area contributed by atoms with Gasteiger partial charge in [-0.05, 0) is 37.0 Å². The molecule has 1 aromatic rings. The molecular formula is C14H19ClO5S. The minimum Gasteiger partial charge on any atom is -0.353 e. The van der Waals surface area contributed by atoms with Crippen LogP contribution in [0.5, 0.6) is 0 Å². The molecule has 0 N–H and O–H groups in total. The lowest BCUT2D eigenvalue weighted by atomic mass is 10.1. The average molecular weight is 335 g/mol. The Balaban J connectivity index is 2.09. The quantitative estimate of drug-likeness (QED) is 0.748. The van der Waals surface area contributed by atoms with Crippen molar-refractivity contribution in [2.45, 2.75) is 31.7 Å². The molecule has 1 heterocycles. The van der Waals surface area contributed by atoms with Crippen LogP contribution in [0.15, 0.2) is 24.3 Å². The molecule has 0 aliphatic carbocycles. The molecule has 0 saturated carbocycles. The third-order valence-electron chi connectivity index (χ3n) is 3.11. The highest BCUT2D eigenvalue weighted by molar-refractivity contribution is 7.85. The van der Waals surface area contributed by atoms with E-state index >= 15 is 0 Å². The standard InChI is InChI=1S/C14H19ClO5S/c1-21(16,17)19-10-13(11-5-4-6-12(15)9-11)20-14-7-2-3-8-18-14/h4-6,9,13-14H,2-3,7-8,10H2,1H3/t13-,14-/m0/s1. The molecule has 7 heteroatoms. The Morgan fingerprint density at radius 1 is 1.43 bits per heavy atom. The van der Waals surface area contributed by atoms with Crippen LogP contribution in [0.25, 0.3) is 0 Å². The summed E-state index contributed by atoms with van der Waals surface area (Å²) in [4.78, 5) is 0. The monoisotopic (exact) mass is 334 g/mol. The van der Waals surface area contributed by atoms with Crippen molar-refractivity contribution >= 4 is 21.7 Å². The molecule has 2 atom stereocenters. The Hall–Kier alpha value is -0.660. The van der Waals surface area contributed by atoms with Crippen molar-refractivity contribution < 1.29 is 22.1 Å². The molecular weight excluding hydrogens is 316 g/mol. The maximum atomic E-state index is 11.2. The molecule has 21 heavy (non-hydrogen) atoms. The van der Waals surface area contributed by atoms with E-state index in [1.165, 1.54) is 0 Å². The summed E-state index contributed by atoms with van der Waals surface area (Å²) in [7, 11) is -3.53. The van der Waals surface area contributed by atoms with Gasteiger partial charge >= 0.3 is 0 Å². The third kappa shape index (κ3) is 5.92. The number of benzene rings is 1. The van der Waals surface area contributed by atoms with Gasteiger partial charge < -0.3 is 9.47 Å². The van der Waals surface area contributed by atoms with Gasteiger partial charge in [0.2, 0.25) is 0 Å². The Morgan fingerprint density at radius 3 is 2.86 bits per heavy atom. The van der Waals surface area contributed by atoms with Crippen molar-refractivity contribution in [1.82, 2.24) is 0 Å². The predicted molar refractivity (Wildman–Crippen MR) is 79.7 cm³/mol. The molecule has 118 valence electrons. The van der Waals surface area contributed by atoms with E-state index in [-0.39, 0.29) is 12.9 Å². The lowest BCUT2D eigenvalue weighted by molar-refractivity contribution is -0.195. The van der Waals surface area contributed by atoms with Crippen LogP contribution in [-0.4, -0.2) is 34.2 Å². The highest BCUT2D eigenvalue weighted by Crippen LogP contribution is 2.26. The molecule has 5 nitrogen and oxygen atoms in total. The van der Waals surface area contributed by atoms with E-state index in [0.717, 1.165) is 31.1 Å². The average Bonchev–Trinajstić information content (AvgIpc) is 2.43. The first kappa shape index (κ1) is 16.7. The summed E-state index contributed by atoms with van der Waals surface area (Å²) < 4.78 is 38.6. The largest absolute Gasteiger partial charge is 0.353 e. The van der Waals surface area contributed by atoms with Crippen molar-refractivity contribution in [1.29, 1.82) is 0 Å². The fourth-order valence-electron chi connectivity index (χ4n) is 2.11. The normalized spacial score (nSPS) is 21.1. The first-order valence-electron chi connectivity index (χ1n) is 6.81. The van der Waals surface area contributed by atoms with Gasteiger partial charge in [-0.1, -0.05) is 23.7 Å². The Labute approximate surface area is 130 Å². The van der Waals surface area contributed by atoms with E-state index < -0.39 is 16.2 Å². The first-order valence-corrected chi connectivity index (χ1v) is 9.00. The summed E-state index contributed by atoms with van der Waals surface area (Å²) in [6.45, 7) is 0.554. The fourth-order valence-corrected chi connectivity index (χ4v) is 2.68. The van der Waals surface area contributed by atoms with Gasteiger partial charge in [0.05, 0.1) is 12.9 Å². The summed E-state index contributed by atoms with van der Waals surface area (Å²) in [5.41, 5.74) is 0.764. The van der Waals surface area contributed by atoms with Crippen LogP contribution in [0, 0.1) is 0 Å². The molecule has 0 unspecified atom stereocenters. The fraction of sp³-hybridized carbons (Fsp3) is 0.571. The second kappa shape index (κ2) is 7.56. The van der Waals surface area contributed by atoms with Crippen LogP contribution in [-0.2, 0) is 23.8 Å². The number of hydrogen-bond donors (Lipinski definition) is 0. The van der Waals surface area contributed by atoms with Crippen LogP contribution in [0.2, 0.25) is 5.02 Å². The maximum Gasteiger partial charge on any atom is 0.264 e. The second-order valence-corrected chi connectivity index (χ2v) is 7.04. The SMILES string of the molecule is CS(=O)(=O)OC[C@H](O[C@H]1CCCCO1)c1cccc(Cl)c1. The lowest BCUT2D eigenvalue weighted by Gasteiger charge is -2.27. The van der Waals surface area contributed by atoms with Crippen LogP contribution in [0.4, 0.5) is 0 Å². The van der Waals surface area contributed by atoms with Gasteiger partial charge in [-0.15, -0.1) is 0 Å². The van der Waals surface area contributed by atoms with Crippen molar-refractivity contribution in [3.8, 4) is 0 Å². The molecule has 0 amide bonds. The van der Waals surface area contributed by atoms with E-state index in [1.54, 1.807) is 18.2 Å². The minimum absolute atomic E-state index is 0.0982. The van der Waals surface area contributed by atoms with Crippen molar-refractivity contribution in [2.24, 2.45) is 0 Å². The van der Waals surface area contributed by atoms with Crippen molar-refractivity contribution in [3.63, 3.8) is 0 Å². The maximum absolute atomic E-state index is 11.2. The van der Waals surface area contributed by atoms with E-state index in [1.807, 2.05) is 6.07 Å². The molecule has 0 spiro atoms. The highest BCUT2D eigenvalue weighted by Gasteiger charge is 2.23. The summed E-state index contributed by atoms with van der Waals surface area (Å²) in [6, 6.07) is 7.10. The zero-order valence-electron chi connectivity index (χ0n) is 11.8. The van der Waals surface area contributed by atoms with E-state index in [4.69, 9.17) is 25.3 Å². The van der Waals surface area contributed by atoms with Gasteiger partial charge in [-0.3, -0.25) is 4.18 Å². The van der Waals surface area contributed by atoms with Gasteiger partial charge in [0.1, 0.15) is 6.10 Å². The van der Waals surface area contributed by atoms with Gasteiger partial charge in [-0.25, -0.2) is 0 Å². The minimum atomic E-state index is -3.53. The molecule has 1 aliphatic heterocycles. The smallest absolute Gasteiger partial charge is 0.264 e. The zero-order chi connectivity index (χ0) is 15.3.